The number of hydrazone groups is 1. The molecule has 0 fully saturated rings. The fraction of sp³-hybridized carbons (Fsp3) is 0. The number of aromatic amines is 1. The van der Waals surface area contributed by atoms with E-state index in [1.54, 1.807) is 12.1 Å². The van der Waals surface area contributed by atoms with E-state index in [0.717, 1.165) is 32.2 Å². The van der Waals surface area contributed by atoms with Crippen molar-refractivity contribution in [3.63, 3.8) is 0 Å². The molecule has 0 radical (unpaired) electrons. The van der Waals surface area contributed by atoms with Gasteiger partial charge in [0.2, 0.25) is 0 Å². The summed E-state index contributed by atoms with van der Waals surface area (Å²) in [6.45, 7) is 0. The molecule has 1 heterocycles. The van der Waals surface area contributed by atoms with Crippen LogP contribution >= 0.6 is 15.9 Å². The molecule has 2 N–H and O–H groups in total. The Morgan fingerprint density at radius 2 is 1.57 bits per heavy atom. The zero-order valence-electron chi connectivity index (χ0n) is 14.6. The molecule has 5 nitrogen and oxygen atoms in total. The molecule has 0 bridgehead atoms. The number of nitrogens with one attached hydrogen (secondary N) is 2. The first-order chi connectivity index (χ1) is 13.5. The molecule has 0 saturated carbocycles. The Hall–Kier alpha value is -2.90. The molecule has 0 spiro atoms. The van der Waals surface area contributed by atoms with Crippen molar-refractivity contribution in [3.05, 3.63) is 88.9 Å². The topological polar surface area (TPSA) is 74.3 Å². The van der Waals surface area contributed by atoms with Crippen LogP contribution in [-0.4, -0.2) is 19.6 Å². The van der Waals surface area contributed by atoms with Crippen LogP contribution in [-0.2, 0) is 10.0 Å². The number of H-pyrrole nitrogens is 1. The fourth-order valence-electron chi connectivity index (χ4n) is 2.96. The van der Waals surface area contributed by atoms with Crippen LogP contribution < -0.4 is 4.83 Å². The normalized spacial score (nSPS) is 11.9. The molecule has 140 valence electrons. The summed E-state index contributed by atoms with van der Waals surface area (Å²) in [5.41, 5.74) is 3.66. The van der Waals surface area contributed by atoms with Gasteiger partial charge in [0, 0.05) is 20.9 Å². The van der Waals surface area contributed by atoms with Crippen molar-refractivity contribution in [1.29, 1.82) is 0 Å². The number of hydrogen-bond donors (Lipinski definition) is 2. The van der Waals surface area contributed by atoms with Gasteiger partial charge in [0.25, 0.3) is 10.0 Å². The third kappa shape index (κ3) is 3.72. The van der Waals surface area contributed by atoms with Crippen molar-refractivity contribution in [3.8, 4) is 11.3 Å². The van der Waals surface area contributed by atoms with Gasteiger partial charge in [0.1, 0.15) is 0 Å². The second-order valence-corrected chi connectivity index (χ2v) is 8.71. The van der Waals surface area contributed by atoms with Gasteiger partial charge < -0.3 is 4.98 Å². The van der Waals surface area contributed by atoms with Gasteiger partial charge >= 0.3 is 0 Å². The number of para-hydroxylation sites is 1. The lowest BCUT2D eigenvalue weighted by molar-refractivity contribution is 0.584. The summed E-state index contributed by atoms with van der Waals surface area (Å²) in [4.78, 5) is 5.83. The van der Waals surface area contributed by atoms with Crippen LogP contribution in [0.5, 0.6) is 0 Å². The smallest absolute Gasteiger partial charge is 0.276 e. The Labute approximate surface area is 171 Å². The maximum absolute atomic E-state index is 12.4. The highest BCUT2D eigenvalue weighted by molar-refractivity contribution is 9.10. The molecule has 0 saturated heterocycles. The molecule has 0 atom stereocenters. The van der Waals surface area contributed by atoms with Gasteiger partial charge in [-0.25, -0.2) is 4.83 Å². The number of rotatable bonds is 5. The highest BCUT2D eigenvalue weighted by Gasteiger charge is 2.14. The predicted octanol–water partition coefficient (Wildman–Crippen LogP) is 4.91. The summed E-state index contributed by atoms with van der Waals surface area (Å²) in [5, 5.41) is 4.99. The van der Waals surface area contributed by atoms with Crippen molar-refractivity contribution >= 4 is 43.1 Å². The molecule has 28 heavy (non-hydrogen) atoms. The van der Waals surface area contributed by atoms with Gasteiger partial charge in [-0.3, -0.25) is 0 Å². The van der Waals surface area contributed by atoms with Gasteiger partial charge in [-0.05, 0) is 35.9 Å². The lowest BCUT2D eigenvalue weighted by Crippen LogP contribution is -2.18. The average molecular weight is 454 g/mol. The SMILES string of the molecule is O=S(=O)(N/N=C/c1c(-c2ccccc2)[nH]c2ccccc12)c1ccc(Br)cc1. The highest BCUT2D eigenvalue weighted by Crippen LogP contribution is 2.29. The van der Waals surface area contributed by atoms with E-state index in [4.69, 9.17) is 0 Å². The van der Waals surface area contributed by atoms with E-state index in [-0.39, 0.29) is 4.90 Å². The molecule has 4 rings (SSSR count). The summed E-state index contributed by atoms with van der Waals surface area (Å²) in [6, 6.07) is 24.1. The lowest BCUT2D eigenvalue weighted by Gasteiger charge is -2.04. The van der Waals surface area contributed by atoms with E-state index in [1.165, 1.54) is 18.3 Å². The third-order valence-corrected chi connectivity index (χ3v) is 6.07. The van der Waals surface area contributed by atoms with Gasteiger partial charge in [-0.2, -0.15) is 13.5 Å². The van der Waals surface area contributed by atoms with Crippen molar-refractivity contribution in [2.75, 3.05) is 0 Å². The number of halogens is 1. The number of fused-ring (bicyclic) bond motifs is 1. The van der Waals surface area contributed by atoms with Gasteiger partial charge in [-0.1, -0.05) is 64.5 Å². The molecule has 0 aliphatic rings. The molecule has 0 unspecified atom stereocenters. The Bertz CT molecular complexity index is 1250. The average Bonchev–Trinajstić information content (AvgIpc) is 3.08. The maximum atomic E-state index is 12.4. The Morgan fingerprint density at radius 3 is 2.32 bits per heavy atom. The van der Waals surface area contributed by atoms with E-state index >= 15 is 0 Å². The molecular formula is C21H16BrN3O2S. The van der Waals surface area contributed by atoms with Crippen LogP contribution in [0.2, 0.25) is 0 Å². The second-order valence-electron chi connectivity index (χ2n) is 6.13. The van der Waals surface area contributed by atoms with E-state index in [1.807, 2.05) is 54.6 Å². The first kappa shape index (κ1) is 18.5. The molecule has 4 aromatic rings. The number of sulfonamides is 1. The van der Waals surface area contributed by atoms with E-state index in [0.29, 0.717) is 0 Å². The largest absolute Gasteiger partial charge is 0.354 e. The van der Waals surface area contributed by atoms with Crippen LogP contribution in [0.3, 0.4) is 0 Å². The van der Waals surface area contributed by atoms with Crippen molar-refractivity contribution in [1.82, 2.24) is 9.82 Å². The summed E-state index contributed by atoms with van der Waals surface area (Å²) in [7, 11) is -3.74. The van der Waals surface area contributed by atoms with Crippen LogP contribution in [0.4, 0.5) is 0 Å². The first-order valence-corrected chi connectivity index (χ1v) is 10.8. The van der Waals surface area contributed by atoms with Crippen molar-refractivity contribution in [2.24, 2.45) is 5.10 Å². The standard InChI is InChI=1S/C21H16BrN3O2S/c22-16-10-12-17(13-11-16)28(26,27)25-23-14-19-18-8-4-5-9-20(18)24-21(19)15-6-2-1-3-7-15/h1-14,24-25H/b23-14+. The van der Waals surface area contributed by atoms with Crippen LogP contribution in [0.1, 0.15) is 5.56 Å². The summed E-state index contributed by atoms with van der Waals surface area (Å²) in [6.07, 6.45) is 1.54. The molecule has 1 aromatic heterocycles. The minimum absolute atomic E-state index is 0.148. The second kappa shape index (κ2) is 7.61. The van der Waals surface area contributed by atoms with Crippen LogP contribution in [0.15, 0.2) is 93.3 Å². The number of nitrogens with zero attached hydrogens (tertiary/aromatic N) is 1. The zero-order valence-corrected chi connectivity index (χ0v) is 17.0. The molecule has 7 heteroatoms. The Balaban J connectivity index is 1.70. The van der Waals surface area contributed by atoms with Crippen LogP contribution in [0, 0.1) is 0 Å². The van der Waals surface area contributed by atoms with E-state index in [2.05, 4.69) is 30.8 Å². The first-order valence-electron chi connectivity index (χ1n) is 8.51. The molecule has 0 aliphatic heterocycles. The third-order valence-electron chi connectivity index (χ3n) is 4.30. The number of hydrogen-bond acceptors (Lipinski definition) is 3. The molecule has 0 aliphatic carbocycles. The van der Waals surface area contributed by atoms with Crippen molar-refractivity contribution < 1.29 is 8.42 Å². The van der Waals surface area contributed by atoms with Crippen molar-refractivity contribution in [2.45, 2.75) is 4.90 Å². The summed E-state index contributed by atoms with van der Waals surface area (Å²) in [5.74, 6) is 0. The highest BCUT2D eigenvalue weighted by atomic mass is 79.9. The van der Waals surface area contributed by atoms with Crippen LogP contribution in [0.25, 0.3) is 22.2 Å². The van der Waals surface area contributed by atoms with Gasteiger partial charge in [-0.15, -0.1) is 0 Å². The fourth-order valence-corrected chi connectivity index (χ4v) is 4.01. The predicted molar refractivity (Wildman–Crippen MR) is 116 cm³/mol. The molecular weight excluding hydrogens is 438 g/mol. The van der Waals surface area contributed by atoms with E-state index < -0.39 is 10.0 Å². The zero-order chi connectivity index (χ0) is 19.6. The van der Waals surface area contributed by atoms with Gasteiger partial charge in [0.05, 0.1) is 16.8 Å². The molecule has 3 aromatic carbocycles. The maximum Gasteiger partial charge on any atom is 0.276 e. The summed E-state index contributed by atoms with van der Waals surface area (Å²) < 4.78 is 25.7. The van der Waals surface area contributed by atoms with E-state index in [9.17, 15) is 8.42 Å². The van der Waals surface area contributed by atoms with Gasteiger partial charge in [0.15, 0.2) is 0 Å². The monoisotopic (exact) mass is 453 g/mol. The Morgan fingerprint density at radius 1 is 0.893 bits per heavy atom. The molecule has 0 amide bonds. The quantitative estimate of drug-likeness (QED) is 0.332. The Kier molecular flexibility index (Phi) is 5.02. The minimum Gasteiger partial charge on any atom is -0.354 e. The number of aromatic nitrogens is 1. The summed E-state index contributed by atoms with van der Waals surface area (Å²) >= 11 is 3.30. The lowest BCUT2D eigenvalue weighted by atomic mass is 10.1. The minimum atomic E-state index is -3.74. The number of benzene rings is 3.